The van der Waals surface area contributed by atoms with E-state index in [-0.39, 0.29) is 0 Å². The minimum absolute atomic E-state index is 0.863. The largest absolute Gasteiger partial charge is 0.0847 e. The van der Waals surface area contributed by atoms with Gasteiger partial charge >= 0.3 is 0 Å². The molecule has 0 aromatic heterocycles. The highest BCUT2D eigenvalue weighted by Crippen LogP contribution is 2.51. The molecule has 0 heterocycles. The second-order valence-corrected chi connectivity index (χ2v) is 5.71. The minimum atomic E-state index is 0.863. The fourth-order valence-electron chi connectivity index (χ4n) is 4.38. The second kappa shape index (κ2) is 5.42. The van der Waals surface area contributed by atoms with Gasteiger partial charge in [0.2, 0.25) is 0 Å². The number of allylic oxidation sites excluding steroid dienone is 4. The summed E-state index contributed by atoms with van der Waals surface area (Å²) in [5.74, 6) is 2.71. The van der Waals surface area contributed by atoms with Gasteiger partial charge in [-0.2, -0.15) is 0 Å². The molecule has 17 heavy (non-hydrogen) atoms. The third kappa shape index (κ3) is 2.11. The van der Waals surface area contributed by atoms with E-state index in [4.69, 9.17) is 0 Å². The molecule has 0 fully saturated rings. The molecule has 3 atom stereocenters. The highest BCUT2D eigenvalue weighted by molar-refractivity contribution is 5.30. The standard InChI is InChI=1S/C17H28/c1-5-12-9-10-14-11-13(6-2)15(7-3)16(8-4)17(12)14/h9,14,16-17H,5-8,10-11H2,1-4H3. The van der Waals surface area contributed by atoms with Crippen molar-refractivity contribution in [2.24, 2.45) is 17.8 Å². The lowest BCUT2D eigenvalue weighted by Crippen LogP contribution is -2.28. The van der Waals surface area contributed by atoms with Crippen LogP contribution in [0.3, 0.4) is 0 Å². The number of hydrogen-bond donors (Lipinski definition) is 0. The Bertz CT molecular complexity index is 332. The highest BCUT2D eigenvalue weighted by atomic mass is 14.4. The first-order chi connectivity index (χ1) is 8.26. The first kappa shape index (κ1) is 12.9. The van der Waals surface area contributed by atoms with E-state index in [1.54, 1.807) is 11.1 Å². The van der Waals surface area contributed by atoms with Gasteiger partial charge in [0.1, 0.15) is 0 Å². The zero-order valence-electron chi connectivity index (χ0n) is 12.1. The van der Waals surface area contributed by atoms with E-state index in [1.165, 1.54) is 38.5 Å². The fourth-order valence-corrected chi connectivity index (χ4v) is 4.38. The third-order valence-corrected chi connectivity index (χ3v) is 5.12. The van der Waals surface area contributed by atoms with Gasteiger partial charge in [-0.25, -0.2) is 0 Å². The Hall–Kier alpha value is -0.520. The number of fused-ring (bicyclic) bond motifs is 1. The van der Waals surface area contributed by atoms with Crippen LogP contribution in [0.1, 0.15) is 66.2 Å². The molecule has 0 nitrogen and oxygen atoms in total. The van der Waals surface area contributed by atoms with Gasteiger partial charge in [-0.15, -0.1) is 0 Å². The Morgan fingerprint density at radius 2 is 1.82 bits per heavy atom. The van der Waals surface area contributed by atoms with Gasteiger partial charge < -0.3 is 0 Å². The molecule has 0 aromatic carbocycles. The monoisotopic (exact) mass is 232 g/mol. The van der Waals surface area contributed by atoms with Gasteiger partial charge in [-0.1, -0.05) is 50.5 Å². The van der Waals surface area contributed by atoms with Crippen molar-refractivity contribution in [2.75, 3.05) is 0 Å². The van der Waals surface area contributed by atoms with Gasteiger partial charge in [0.05, 0.1) is 0 Å². The predicted molar refractivity (Wildman–Crippen MR) is 76.0 cm³/mol. The molecule has 0 aromatic rings. The van der Waals surface area contributed by atoms with Gasteiger partial charge in [-0.05, 0) is 56.3 Å². The van der Waals surface area contributed by atoms with E-state index >= 15 is 0 Å². The van der Waals surface area contributed by atoms with E-state index < -0.39 is 0 Å². The van der Waals surface area contributed by atoms with E-state index in [1.807, 2.05) is 5.57 Å². The van der Waals surface area contributed by atoms with Crippen LogP contribution in [-0.4, -0.2) is 0 Å². The van der Waals surface area contributed by atoms with E-state index in [0.29, 0.717) is 0 Å². The molecule has 3 unspecified atom stereocenters. The van der Waals surface area contributed by atoms with Gasteiger partial charge in [0, 0.05) is 0 Å². The summed E-state index contributed by atoms with van der Waals surface area (Å²) in [4.78, 5) is 0. The Morgan fingerprint density at radius 3 is 2.35 bits per heavy atom. The van der Waals surface area contributed by atoms with Crippen molar-refractivity contribution in [3.8, 4) is 0 Å². The lowest BCUT2D eigenvalue weighted by molar-refractivity contribution is 0.272. The Kier molecular flexibility index (Phi) is 4.12. The Morgan fingerprint density at radius 1 is 1.06 bits per heavy atom. The molecule has 2 aliphatic rings. The van der Waals surface area contributed by atoms with Crippen LogP contribution < -0.4 is 0 Å². The minimum Gasteiger partial charge on any atom is -0.0847 e. The molecule has 0 aliphatic heterocycles. The lowest BCUT2D eigenvalue weighted by Gasteiger charge is -2.39. The molecule has 2 rings (SSSR count). The molecule has 0 bridgehead atoms. The third-order valence-electron chi connectivity index (χ3n) is 5.12. The van der Waals surface area contributed by atoms with Crippen LogP contribution in [0.5, 0.6) is 0 Å². The van der Waals surface area contributed by atoms with Crippen LogP contribution in [0.15, 0.2) is 22.8 Å². The topological polar surface area (TPSA) is 0 Å². The predicted octanol–water partition coefficient (Wildman–Crippen LogP) is 5.51. The van der Waals surface area contributed by atoms with Crippen molar-refractivity contribution < 1.29 is 0 Å². The maximum absolute atomic E-state index is 2.56. The molecule has 2 aliphatic carbocycles. The van der Waals surface area contributed by atoms with Crippen molar-refractivity contribution in [3.63, 3.8) is 0 Å². The second-order valence-electron chi connectivity index (χ2n) is 5.71. The summed E-state index contributed by atoms with van der Waals surface area (Å²) in [5, 5.41) is 0. The summed E-state index contributed by atoms with van der Waals surface area (Å²) >= 11 is 0. The average molecular weight is 232 g/mol. The van der Waals surface area contributed by atoms with Crippen LogP contribution in [0, 0.1) is 17.8 Å². The maximum atomic E-state index is 2.56. The fraction of sp³-hybridized carbons (Fsp3) is 0.765. The number of rotatable bonds is 4. The molecule has 0 radical (unpaired) electrons. The lowest BCUT2D eigenvalue weighted by atomic mass is 9.66. The van der Waals surface area contributed by atoms with Gasteiger partial charge in [0.15, 0.2) is 0 Å². The van der Waals surface area contributed by atoms with Gasteiger partial charge in [-0.3, -0.25) is 0 Å². The molecule has 96 valence electrons. The molecule has 0 amide bonds. The maximum Gasteiger partial charge on any atom is -0.0103 e. The molecular formula is C17H28. The Balaban J connectivity index is 2.34. The van der Waals surface area contributed by atoms with E-state index in [9.17, 15) is 0 Å². The van der Waals surface area contributed by atoms with Crippen LogP contribution in [0.4, 0.5) is 0 Å². The van der Waals surface area contributed by atoms with Crippen molar-refractivity contribution >= 4 is 0 Å². The van der Waals surface area contributed by atoms with Crippen molar-refractivity contribution in [2.45, 2.75) is 66.2 Å². The summed E-state index contributed by atoms with van der Waals surface area (Å²) in [7, 11) is 0. The van der Waals surface area contributed by atoms with Crippen LogP contribution in [0.2, 0.25) is 0 Å². The summed E-state index contributed by atoms with van der Waals surface area (Å²) in [6.45, 7) is 9.44. The summed E-state index contributed by atoms with van der Waals surface area (Å²) in [5.41, 5.74) is 5.38. The summed E-state index contributed by atoms with van der Waals surface area (Å²) in [6.07, 6.45) is 10.5. The van der Waals surface area contributed by atoms with Gasteiger partial charge in [0.25, 0.3) is 0 Å². The van der Waals surface area contributed by atoms with Crippen molar-refractivity contribution in [1.29, 1.82) is 0 Å². The van der Waals surface area contributed by atoms with E-state index in [2.05, 4.69) is 33.8 Å². The van der Waals surface area contributed by atoms with Crippen LogP contribution >= 0.6 is 0 Å². The number of hydrogen-bond acceptors (Lipinski definition) is 0. The smallest absolute Gasteiger partial charge is 0.0103 e. The Labute approximate surface area is 107 Å². The first-order valence-corrected chi connectivity index (χ1v) is 7.66. The zero-order valence-corrected chi connectivity index (χ0v) is 12.1. The molecular weight excluding hydrogens is 204 g/mol. The highest BCUT2D eigenvalue weighted by Gasteiger charge is 2.39. The normalized spacial score (nSPS) is 32.7. The molecule has 0 N–H and O–H groups in total. The van der Waals surface area contributed by atoms with Crippen molar-refractivity contribution in [1.82, 2.24) is 0 Å². The molecule has 0 spiro atoms. The molecule has 0 saturated heterocycles. The van der Waals surface area contributed by atoms with Crippen LogP contribution in [0.25, 0.3) is 0 Å². The average Bonchev–Trinajstić information content (AvgIpc) is 2.78. The van der Waals surface area contributed by atoms with Crippen molar-refractivity contribution in [3.05, 3.63) is 22.8 Å². The van der Waals surface area contributed by atoms with Crippen LogP contribution in [-0.2, 0) is 0 Å². The molecule has 0 heteroatoms. The quantitative estimate of drug-likeness (QED) is 0.561. The first-order valence-electron chi connectivity index (χ1n) is 7.66. The summed E-state index contributed by atoms with van der Waals surface area (Å²) in [6, 6.07) is 0. The zero-order chi connectivity index (χ0) is 12.4. The summed E-state index contributed by atoms with van der Waals surface area (Å²) < 4.78 is 0. The molecule has 0 saturated carbocycles. The SMILES string of the molecule is CCC1=CCC2CC(CC)=C(CC)C(CC)C12. The van der Waals surface area contributed by atoms with E-state index in [0.717, 1.165) is 17.8 Å².